The van der Waals surface area contributed by atoms with Gasteiger partial charge in [-0.25, -0.2) is 0 Å². The summed E-state index contributed by atoms with van der Waals surface area (Å²) in [6, 6.07) is 13.9. The molecule has 2 heteroatoms. The number of hydrogen-bond donors (Lipinski definition) is 1. The summed E-state index contributed by atoms with van der Waals surface area (Å²) < 4.78 is 6.00. The van der Waals surface area contributed by atoms with E-state index in [0.29, 0.717) is 0 Å². The second-order valence-electron chi connectivity index (χ2n) is 4.63. The van der Waals surface area contributed by atoms with Crippen molar-refractivity contribution < 1.29 is 4.74 Å². The van der Waals surface area contributed by atoms with Crippen molar-refractivity contribution in [2.45, 2.75) is 26.8 Å². The maximum atomic E-state index is 6.00. The van der Waals surface area contributed by atoms with Gasteiger partial charge in [-0.05, 0) is 44.0 Å². The van der Waals surface area contributed by atoms with Gasteiger partial charge in [0.1, 0.15) is 11.5 Å². The highest BCUT2D eigenvalue weighted by Gasteiger charge is 2.09. The Morgan fingerprint density at radius 3 is 2.33 bits per heavy atom. The molecule has 2 aromatic carbocycles. The van der Waals surface area contributed by atoms with E-state index in [9.17, 15) is 0 Å². The van der Waals surface area contributed by atoms with Crippen LogP contribution in [-0.2, 0) is 0 Å². The highest BCUT2D eigenvalue weighted by atomic mass is 16.5. The zero-order valence-corrected chi connectivity index (χ0v) is 11.1. The lowest BCUT2D eigenvalue weighted by Gasteiger charge is -2.15. The lowest BCUT2D eigenvalue weighted by atomic mass is 10.1. The molecule has 0 unspecified atom stereocenters. The second kappa shape index (κ2) is 5.23. The predicted octanol–water partition coefficient (Wildman–Crippen LogP) is 4.12. The fraction of sp³-hybridized carbons (Fsp3) is 0.250. The molecule has 0 aliphatic heterocycles. The van der Waals surface area contributed by atoms with E-state index in [1.54, 1.807) is 0 Å². The van der Waals surface area contributed by atoms with E-state index in [1.807, 2.05) is 43.3 Å². The molecule has 0 fully saturated rings. The number of para-hydroxylation sites is 1. The van der Waals surface area contributed by atoms with Gasteiger partial charge in [0, 0.05) is 11.6 Å². The Balaban J connectivity index is 2.37. The number of ether oxygens (including phenoxy) is 1. The first-order chi connectivity index (χ1) is 8.59. The Bertz CT molecular complexity index is 547. The normalized spacial score (nSPS) is 12.2. The van der Waals surface area contributed by atoms with Crippen molar-refractivity contribution in [2.75, 3.05) is 0 Å². The minimum absolute atomic E-state index is 0.0358. The Hall–Kier alpha value is -1.80. The SMILES string of the molecule is Cc1cccc(Oc2ccccc2[C@@H](C)N)c1C. The van der Waals surface area contributed by atoms with Crippen LogP contribution in [0.2, 0.25) is 0 Å². The molecule has 94 valence electrons. The van der Waals surface area contributed by atoms with Crippen LogP contribution >= 0.6 is 0 Å². The molecule has 18 heavy (non-hydrogen) atoms. The Morgan fingerprint density at radius 2 is 1.61 bits per heavy atom. The van der Waals surface area contributed by atoms with Crippen LogP contribution in [0, 0.1) is 13.8 Å². The molecule has 0 heterocycles. The van der Waals surface area contributed by atoms with Crippen molar-refractivity contribution in [3.05, 3.63) is 59.2 Å². The zero-order chi connectivity index (χ0) is 13.1. The standard InChI is InChI=1S/C16H19NO/c1-11-7-6-10-15(12(11)2)18-16-9-5-4-8-14(16)13(3)17/h4-10,13H,17H2,1-3H3/t13-/m1/s1. The number of benzene rings is 2. The summed E-state index contributed by atoms with van der Waals surface area (Å²) in [6.45, 7) is 6.12. The van der Waals surface area contributed by atoms with Crippen molar-refractivity contribution in [2.24, 2.45) is 5.73 Å². The average Bonchev–Trinajstić information content (AvgIpc) is 2.35. The number of nitrogens with two attached hydrogens (primary N) is 1. The summed E-state index contributed by atoms with van der Waals surface area (Å²) in [5, 5.41) is 0. The molecule has 0 amide bonds. The molecule has 0 spiro atoms. The van der Waals surface area contributed by atoms with Crippen LogP contribution in [0.15, 0.2) is 42.5 Å². The first-order valence-corrected chi connectivity index (χ1v) is 6.18. The third kappa shape index (κ3) is 2.54. The molecule has 0 radical (unpaired) electrons. The molecule has 0 aliphatic carbocycles. The van der Waals surface area contributed by atoms with Gasteiger partial charge in [-0.15, -0.1) is 0 Å². The van der Waals surface area contributed by atoms with E-state index in [0.717, 1.165) is 22.6 Å². The summed E-state index contributed by atoms with van der Waals surface area (Å²) in [4.78, 5) is 0. The quantitative estimate of drug-likeness (QED) is 0.877. The van der Waals surface area contributed by atoms with Gasteiger partial charge in [0.15, 0.2) is 0 Å². The van der Waals surface area contributed by atoms with E-state index in [2.05, 4.69) is 19.9 Å². The number of rotatable bonds is 3. The van der Waals surface area contributed by atoms with Crippen LogP contribution in [-0.4, -0.2) is 0 Å². The second-order valence-corrected chi connectivity index (χ2v) is 4.63. The maximum absolute atomic E-state index is 6.00. The summed E-state index contributed by atoms with van der Waals surface area (Å²) in [5.74, 6) is 1.73. The fourth-order valence-corrected chi connectivity index (χ4v) is 1.90. The molecule has 0 saturated heterocycles. The summed E-state index contributed by atoms with van der Waals surface area (Å²) in [7, 11) is 0. The molecule has 2 N–H and O–H groups in total. The monoisotopic (exact) mass is 241 g/mol. The molecule has 0 aliphatic rings. The first kappa shape index (κ1) is 12.7. The van der Waals surface area contributed by atoms with Crippen molar-refractivity contribution in [3.63, 3.8) is 0 Å². The first-order valence-electron chi connectivity index (χ1n) is 6.18. The van der Waals surface area contributed by atoms with E-state index in [-0.39, 0.29) is 6.04 Å². The summed E-state index contributed by atoms with van der Waals surface area (Å²) in [6.07, 6.45) is 0. The van der Waals surface area contributed by atoms with Crippen molar-refractivity contribution in [3.8, 4) is 11.5 Å². The van der Waals surface area contributed by atoms with Gasteiger partial charge in [-0.2, -0.15) is 0 Å². The van der Waals surface area contributed by atoms with E-state index < -0.39 is 0 Å². The molecule has 0 saturated carbocycles. The molecular formula is C16H19NO. The molecule has 2 aromatic rings. The van der Waals surface area contributed by atoms with Gasteiger partial charge in [-0.3, -0.25) is 0 Å². The topological polar surface area (TPSA) is 35.2 Å². The number of aryl methyl sites for hydroxylation is 1. The molecule has 0 aromatic heterocycles. The van der Waals surface area contributed by atoms with Crippen LogP contribution in [0.4, 0.5) is 0 Å². The van der Waals surface area contributed by atoms with Crippen LogP contribution in [0.25, 0.3) is 0 Å². The third-order valence-electron chi connectivity index (χ3n) is 3.18. The highest BCUT2D eigenvalue weighted by molar-refractivity contribution is 5.44. The molecule has 2 rings (SSSR count). The van der Waals surface area contributed by atoms with E-state index in [4.69, 9.17) is 10.5 Å². The molecule has 1 atom stereocenters. The van der Waals surface area contributed by atoms with Crippen molar-refractivity contribution in [1.29, 1.82) is 0 Å². The lowest BCUT2D eigenvalue weighted by molar-refractivity contribution is 0.468. The van der Waals surface area contributed by atoms with Crippen LogP contribution in [0.5, 0.6) is 11.5 Å². The Kier molecular flexibility index (Phi) is 3.68. The third-order valence-corrected chi connectivity index (χ3v) is 3.18. The van der Waals surface area contributed by atoms with Gasteiger partial charge < -0.3 is 10.5 Å². The van der Waals surface area contributed by atoms with Crippen molar-refractivity contribution in [1.82, 2.24) is 0 Å². The summed E-state index contributed by atoms with van der Waals surface area (Å²) in [5.41, 5.74) is 9.37. The Morgan fingerprint density at radius 1 is 0.944 bits per heavy atom. The van der Waals surface area contributed by atoms with Gasteiger partial charge in [0.2, 0.25) is 0 Å². The van der Waals surface area contributed by atoms with Crippen LogP contribution in [0.3, 0.4) is 0 Å². The zero-order valence-electron chi connectivity index (χ0n) is 11.1. The van der Waals surface area contributed by atoms with Gasteiger partial charge in [-0.1, -0.05) is 30.3 Å². The van der Waals surface area contributed by atoms with Crippen LogP contribution < -0.4 is 10.5 Å². The van der Waals surface area contributed by atoms with E-state index in [1.165, 1.54) is 5.56 Å². The minimum atomic E-state index is -0.0358. The van der Waals surface area contributed by atoms with Gasteiger partial charge in [0.05, 0.1) is 0 Å². The van der Waals surface area contributed by atoms with Crippen LogP contribution in [0.1, 0.15) is 29.7 Å². The maximum Gasteiger partial charge on any atom is 0.132 e. The predicted molar refractivity (Wildman–Crippen MR) is 75.0 cm³/mol. The fourth-order valence-electron chi connectivity index (χ4n) is 1.90. The highest BCUT2D eigenvalue weighted by Crippen LogP contribution is 2.31. The smallest absolute Gasteiger partial charge is 0.132 e. The molecule has 2 nitrogen and oxygen atoms in total. The number of hydrogen-bond acceptors (Lipinski definition) is 2. The summed E-state index contributed by atoms with van der Waals surface area (Å²) >= 11 is 0. The van der Waals surface area contributed by atoms with Gasteiger partial charge in [0.25, 0.3) is 0 Å². The molecule has 0 bridgehead atoms. The average molecular weight is 241 g/mol. The van der Waals surface area contributed by atoms with E-state index >= 15 is 0 Å². The molecular weight excluding hydrogens is 222 g/mol. The van der Waals surface area contributed by atoms with Gasteiger partial charge >= 0.3 is 0 Å². The largest absolute Gasteiger partial charge is 0.457 e. The lowest BCUT2D eigenvalue weighted by Crippen LogP contribution is -2.06. The van der Waals surface area contributed by atoms with Crippen molar-refractivity contribution >= 4 is 0 Å². The Labute approximate surface area is 108 Å². The minimum Gasteiger partial charge on any atom is -0.457 e.